The zero-order chi connectivity index (χ0) is 19.2. The fourth-order valence-electron chi connectivity index (χ4n) is 4.28. The van der Waals surface area contributed by atoms with Crippen molar-refractivity contribution in [3.63, 3.8) is 0 Å². The Hall–Kier alpha value is -1.59. The number of aromatic nitrogens is 2. The number of thioether (sulfide) groups is 1. The van der Waals surface area contributed by atoms with Gasteiger partial charge in [0.15, 0.2) is 5.82 Å². The molecular formula is C23H32N4S. The van der Waals surface area contributed by atoms with Crippen LogP contribution in [-0.4, -0.2) is 53.1 Å². The first-order valence-corrected chi connectivity index (χ1v) is 11.9. The van der Waals surface area contributed by atoms with Crippen molar-refractivity contribution in [1.82, 2.24) is 15.1 Å². The Labute approximate surface area is 173 Å². The normalized spacial score (nSPS) is 20.2. The van der Waals surface area contributed by atoms with Gasteiger partial charge in [-0.1, -0.05) is 25.5 Å². The van der Waals surface area contributed by atoms with Crippen molar-refractivity contribution in [1.29, 1.82) is 0 Å². The van der Waals surface area contributed by atoms with E-state index in [-0.39, 0.29) is 0 Å². The highest BCUT2D eigenvalue weighted by molar-refractivity contribution is 7.99. The molecule has 5 heteroatoms. The van der Waals surface area contributed by atoms with Crippen molar-refractivity contribution in [2.45, 2.75) is 56.4 Å². The highest BCUT2D eigenvalue weighted by Gasteiger charge is 2.28. The minimum atomic E-state index is 0.595. The summed E-state index contributed by atoms with van der Waals surface area (Å²) in [6.45, 7) is 7.06. The minimum Gasteiger partial charge on any atom is -0.351 e. The Morgan fingerprint density at radius 1 is 0.964 bits per heavy atom. The van der Waals surface area contributed by atoms with Crippen LogP contribution < -0.4 is 4.90 Å². The lowest BCUT2D eigenvalue weighted by Gasteiger charge is -2.29. The number of unbranched alkanes of at least 4 members (excludes halogenated alkanes) is 1. The molecule has 1 atom stereocenters. The molecule has 1 aromatic heterocycles. The lowest BCUT2D eigenvalue weighted by Crippen LogP contribution is -2.39. The van der Waals surface area contributed by atoms with Crippen molar-refractivity contribution < 1.29 is 0 Å². The quantitative estimate of drug-likeness (QED) is 0.458. The Morgan fingerprint density at radius 2 is 1.79 bits per heavy atom. The maximum Gasteiger partial charge on any atom is 0.151 e. The zero-order valence-electron chi connectivity index (χ0n) is 17.0. The molecule has 0 amide bonds. The van der Waals surface area contributed by atoms with E-state index in [1.807, 2.05) is 11.8 Å². The molecule has 2 fully saturated rings. The van der Waals surface area contributed by atoms with Gasteiger partial charge in [0.1, 0.15) is 0 Å². The SMILES string of the molecule is CCCCSc1ccc(-c2ccc(N3CCC[C@H]3CN3CCCC3)nn2)cc1. The minimum absolute atomic E-state index is 0.595. The van der Waals surface area contributed by atoms with E-state index in [0.717, 1.165) is 23.6 Å². The van der Waals surface area contributed by atoms with Crippen LogP contribution in [0, 0.1) is 0 Å². The number of anilines is 1. The molecule has 2 aliphatic heterocycles. The van der Waals surface area contributed by atoms with Crippen LogP contribution in [0.5, 0.6) is 0 Å². The van der Waals surface area contributed by atoms with Crippen molar-refractivity contribution >= 4 is 17.6 Å². The van der Waals surface area contributed by atoms with Crippen LogP contribution in [0.4, 0.5) is 5.82 Å². The zero-order valence-corrected chi connectivity index (χ0v) is 17.8. The van der Waals surface area contributed by atoms with E-state index in [9.17, 15) is 0 Å². The molecule has 0 spiro atoms. The summed E-state index contributed by atoms with van der Waals surface area (Å²) in [5.41, 5.74) is 2.11. The Morgan fingerprint density at radius 3 is 2.50 bits per heavy atom. The summed E-state index contributed by atoms with van der Waals surface area (Å²) in [5.74, 6) is 2.23. The number of likely N-dealkylation sites (tertiary alicyclic amines) is 1. The molecule has 28 heavy (non-hydrogen) atoms. The van der Waals surface area contributed by atoms with Crippen molar-refractivity contribution in [3.8, 4) is 11.3 Å². The average molecular weight is 397 g/mol. The summed E-state index contributed by atoms with van der Waals surface area (Å²) in [4.78, 5) is 6.43. The standard InChI is InChI=1S/C23H32N4S/c1-2-3-17-28-21-10-8-19(9-11-21)22-12-13-23(25-24-22)27-16-6-7-20(27)18-26-14-4-5-15-26/h8-13,20H,2-7,14-18H2,1H3/t20-/m0/s1. The fourth-order valence-corrected chi connectivity index (χ4v) is 5.28. The molecule has 150 valence electrons. The molecule has 0 bridgehead atoms. The van der Waals surface area contributed by atoms with Gasteiger partial charge in [0, 0.05) is 29.6 Å². The third-order valence-corrected chi connectivity index (χ3v) is 7.00. The monoisotopic (exact) mass is 396 g/mol. The number of benzene rings is 1. The summed E-state index contributed by atoms with van der Waals surface area (Å²) in [5, 5.41) is 9.15. The van der Waals surface area contributed by atoms with E-state index in [0.29, 0.717) is 6.04 Å². The molecule has 0 unspecified atom stereocenters. The molecule has 0 aliphatic carbocycles. The van der Waals surface area contributed by atoms with E-state index in [1.165, 1.54) is 68.8 Å². The molecular weight excluding hydrogens is 364 g/mol. The Bertz CT molecular complexity index is 725. The summed E-state index contributed by atoms with van der Waals surface area (Å²) in [6.07, 6.45) is 7.78. The van der Waals surface area contributed by atoms with Crippen LogP contribution in [0.3, 0.4) is 0 Å². The van der Waals surface area contributed by atoms with E-state index in [1.54, 1.807) is 0 Å². The van der Waals surface area contributed by atoms with Crippen LogP contribution in [0.25, 0.3) is 11.3 Å². The van der Waals surface area contributed by atoms with Gasteiger partial charge in [0.2, 0.25) is 0 Å². The van der Waals surface area contributed by atoms with Crippen molar-refractivity contribution in [2.24, 2.45) is 0 Å². The lowest BCUT2D eigenvalue weighted by molar-refractivity contribution is 0.313. The van der Waals surface area contributed by atoms with Crippen LogP contribution in [-0.2, 0) is 0 Å². The smallest absolute Gasteiger partial charge is 0.151 e. The number of rotatable bonds is 8. The van der Waals surface area contributed by atoms with Gasteiger partial charge in [-0.25, -0.2) is 0 Å². The molecule has 3 heterocycles. The van der Waals surface area contributed by atoms with E-state index < -0.39 is 0 Å². The Kier molecular flexibility index (Phi) is 6.86. The molecule has 0 radical (unpaired) electrons. The summed E-state index contributed by atoms with van der Waals surface area (Å²) < 4.78 is 0. The number of hydrogen-bond acceptors (Lipinski definition) is 5. The van der Waals surface area contributed by atoms with Gasteiger partial charge in [-0.15, -0.1) is 22.0 Å². The Balaban J connectivity index is 1.39. The molecule has 2 aromatic rings. The largest absolute Gasteiger partial charge is 0.351 e. The van der Waals surface area contributed by atoms with Crippen LogP contribution >= 0.6 is 11.8 Å². The lowest BCUT2D eigenvalue weighted by atomic mass is 10.1. The predicted octanol–water partition coefficient (Wildman–Crippen LogP) is 5.10. The summed E-state index contributed by atoms with van der Waals surface area (Å²) in [6, 6.07) is 13.6. The molecule has 0 saturated carbocycles. The molecule has 4 nitrogen and oxygen atoms in total. The summed E-state index contributed by atoms with van der Waals surface area (Å²) in [7, 11) is 0. The van der Waals surface area contributed by atoms with Crippen molar-refractivity contribution in [2.75, 3.05) is 36.8 Å². The van der Waals surface area contributed by atoms with Crippen LogP contribution in [0.2, 0.25) is 0 Å². The fraction of sp³-hybridized carbons (Fsp3) is 0.565. The first-order chi connectivity index (χ1) is 13.8. The van der Waals surface area contributed by atoms with Gasteiger partial charge >= 0.3 is 0 Å². The second-order valence-corrected chi connectivity index (χ2v) is 9.17. The molecule has 1 aromatic carbocycles. The highest BCUT2D eigenvalue weighted by Crippen LogP contribution is 2.27. The van der Waals surface area contributed by atoms with E-state index >= 15 is 0 Å². The second kappa shape index (κ2) is 9.75. The molecule has 4 rings (SSSR count). The molecule has 2 aliphatic rings. The van der Waals surface area contributed by atoms with E-state index in [2.05, 4.69) is 63.3 Å². The first kappa shape index (κ1) is 19.7. The molecule has 0 N–H and O–H groups in total. The van der Waals surface area contributed by atoms with Gasteiger partial charge in [0.05, 0.1) is 5.69 Å². The van der Waals surface area contributed by atoms with Gasteiger partial charge in [-0.2, -0.15) is 0 Å². The maximum absolute atomic E-state index is 4.60. The van der Waals surface area contributed by atoms with Gasteiger partial charge in [0.25, 0.3) is 0 Å². The molecule has 2 saturated heterocycles. The van der Waals surface area contributed by atoms with Gasteiger partial charge in [-0.3, -0.25) is 0 Å². The third kappa shape index (κ3) is 4.87. The topological polar surface area (TPSA) is 32.3 Å². The third-order valence-electron chi connectivity index (χ3n) is 5.91. The van der Waals surface area contributed by atoms with Crippen molar-refractivity contribution in [3.05, 3.63) is 36.4 Å². The van der Waals surface area contributed by atoms with Crippen LogP contribution in [0.1, 0.15) is 45.4 Å². The van der Waals surface area contributed by atoms with Crippen LogP contribution in [0.15, 0.2) is 41.3 Å². The van der Waals surface area contributed by atoms with Gasteiger partial charge in [-0.05, 0) is 75.2 Å². The second-order valence-electron chi connectivity index (χ2n) is 8.00. The summed E-state index contributed by atoms with van der Waals surface area (Å²) >= 11 is 1.93. The van der Waals surface area contributed by atoms with Gasteiger partial charge < -0.3 is 9.80 Å². The number of hydrogen-bond donors (Lipinski definition) is 0. The predicted molar refractivity (Wildman–Crippen MR) is 119 cm³/mol. The first-order valence-electron chi connectivity index (χ1n) is 10.9. The maximum atomic E-state index is 4.60. The average Bonchev–Trinajstić information content (AvgIpc) is 3.42. The van der Waals surface area contributed by atoms with E-state index in [4.69, 9.17) is 0 Å². The highest BCUT2D eigenvalue weighted by atomic mass is 32.2. The number of nitrogens with zero attached hydrogens (tertiary/aromatic N) is 4.